The summed E-state index contributed by atoms with van der Waals surface area (Å²) in [6.07, 6.45) is 0. The van der Waals surface area contributed by atoms with Crippen LogP contribution < -0.4 is 5.32 Å². The second-order valence-corrected chi connectivity index (χ2v) is 6.65. The SMILES string of the molecule is CC(=O)N(Cc1ccccc1)C(C(=O)NCc1ccccc1)c1ccccc1. The molecule has 0 aliphatic carbocycles. The third-order valence-electron chi connectivity index (χ3n) is 4.59. The van der Waals surface area contributed by atoms with Gasteiger partial charge in [0.05, 0.1) is 0 Å². The van der Waals surface area contributed by atoms with Gasteiger partial charge in [0.25, 0.3) is 0 Å². The molecule has 0 aliphatic heterocycles. The average Bonchev–Trinajstić information content (AvgIpc) is 2.74. The van der Waals surface area contributed by atoms with Crippen LogP contribution in [-0.4, -0.2) is 16.7 Å². The minimum absolute atomic E-state index is 0.146. The van der Waals surface area contributed by atoms with E-state index >= 15 is 0 Å². The Morgan fingerprint density at radius 1 is 0.786 bits per heavy atom. The summed E-state index contributed by atoms with van der Waals surface area (Å²) in [7, 11) is 0. The van der Waals surface area contributed by atoms with E-state index in [4.69, 9.17) is 0 Å². The predicted molar refractivity (Wildman–Crippen MR) is 110 cm³/mol. The van der Waals surface area contributed by atoms with E-state index in [0.717, 1.165) is 16.7 Å². The van der Waals surface area contributed by atoms with Crippen molar-refractivity contribution in [3.05, 3.63) is 108 Å². The Hall–Kier alpha value is -3.40. The van der Waals surface area contributed by atoms with Gasteiger partial charge in [0.1, 0.15) is 6.04 Å². The number of benzene rings is 3. The van der Waals surface area contributed by atoms with Crippen LogP contribution in [0.4, 0.5) is 0 Å². The molecule has 142 valence electrons. The van der Waals surface area contributed by atoms with E-state index in [0.29, 0.717) is 13.1 Å². The Morgan fingerprint density at radius 3 is 1.82 bits per heavy atom. The molecule has 1 N–H and O–H groups in total. The number of hydrogen-bond acceptors (Lipinski definition) is 2. The highest BCUT2D eigenvalue weighted by molar-refractivity contribution is 5.88. The maximum Gasteiger partial charge on any atom is 0.247 e. The molecule has 0 saturated carbocycles. The number of carbonyl (C=O) groups is 2. The zero-order chi connectivity index (χ0) is 19.8. The van der Waals surface area contributed by atoms with Gasteiger partial charge in [-0.2, -0.15) is 0 Å². The Balaban J connectivity index is 1.86. The number of rotatable bonds is 7. The van der Waals surface area contributed by atoms with Crippen LogP contribution in [0.3, 0.4) is 0 Å². The van der Waals surface area contributed by atoms with Crippen LogP contribution in [0, 0.1) is 0 Å². The van der Waals surface area contributed by atoms with Crippen molar-refractivity contribution in [2.24, 2.45) is 0 Å². The molecule has 2 amide bonds. The second-order valence-electron chi connectivity index (χ2n) is 6.65. The van der Waals surface area contributed by atoms with Gasteiger partial charge in [0, 0.05) is 20.0 Å². The summed E-state index contributed by atoms with van der Waals surface area (Å²) in [5.74, 6) is -0.339. The largest absolute Gasteiger partial charge is 0.350 e. The molecule has 1 unspecified atom stereocenters. The molecular formula is C24H24N2O2. The highest BCUT2D eigenvalue weighted by atomic mass is 16.2. The quantitative estimate of drug-likeness (QED) is 0.679. The first-order valence-electron chi connectivity index (χ1n) is 9.33. The van der Waals surface area contributed by atoms with Crippen molar-refractivity contribution < 1.29 is 9.59 Å². The number of nitrogens with one attached hydrogen (secondary N) is 1. The molecule has 0 aromatic heterocycles. The molecule has 4 nitrogen and oxygen atoms in total. The minimum Gasteiger partial charge on any atom is -0.350 e. The van der Waals surface area contributed by atoms with Gasteiger partial charge >= 0.3 is 0 Å². The molecular weight excluding hydrogens is 348 g/mol. The van der Waals surface area contributed by atoms with Crippen LogP contribution in [0.25, 0.3) is 0 Å². The van der Waals surface area contributed by atoms with E-state index in [1.807, 2.05) is 91.0 Å². The van der Waals surface area contributed by atoms with Crippen molar-refractivity contribution in [3.8, 4) is 0 Å². The molecule has 28 heavy (non-hydrogen) atoms. The van der Waals surface area contributed by atoms with Crippen molar-refractivity contribution in [2.75, 3.05) is 0 Å². The monoisotopic (exact) mass is 372 g/mol. The molecule has 3 aromatic carbocycles. The fraction of sp³-hybridized carbons (Fsp3) is 0.167. The lowest BCUT2D eigenvalue weighted by Gasteiger charge is -2.30. The fourth-order valence-electron chi connectivity index (χ4n) is 3.15. The molecule has 1 atom stereocenters. The molecule has 0 spiro atoms. The Bertz CT molecular complexity index is 896. The molecule has 3 rings (SSSR count). The number of amides is 2. The smallest absolute Gasteiger partial charge is 0.247 e. The molecule has 0 bridgehead atoms. The van der Waals surface area contributed by atoms with Crippen LogP contribution >= 0.6 is 0 Å². The molecule has 0 aliphatic rings. The molecule has 4 heteroatoms. The predicted octanol–water partition coefficient (Wildman–Crippen LogP) is 4.09. The first-order valence-corrected chi connectivity index (χ1v) is 9.33. The van der Waals surface area contributed by atoms with Gasteiger partial charge in [-0.05, 0) is 16.7 Å². The van der Waals surface area contributed by atoms with Crippen molar-refractivity contribution in [3.63, 3.8) is 0 Å². The van der Waals surface area contributed by atoms with Crippen LogP contribution in [0.5, 0.6) is 0 Å². The minimum atomic E-state index is -0.692. The highest BCUT2D eigenvalue weighted by Gasteiger charge is 2.29. The Labute approximate surface area is 165 Å². The van der Waals surface area contributed by atoms with E-state index in [-0.39, 0.29) is 11.8 Å². The summed E-state index contributed by atoms with van der Waals surface area (Å²) in [4.78, 5) is 27.3. The van der Waals surface area contributed by atoms with Gasteiger partial charge < -0.3 is 10.2 Å². The first-order chi connectivity index (χ1) is 13.6. The zero-order valence-electron chi connectivity index (χ0n) is 15.9. The standard InChI is InChI=1S/C24H24N2O2/c1-19(27)26(18-21-13-7-3-8-14-21)23(22-15-9-4-10-16-22)24(28)25-17-20-11-5-2-6-12-20/h2-16,23H,17-18H2,1H3,(H,25,28). The molecule has 0 saturated heterocycles. The van der Waals surface area contributed by atoms with E-state index in [9.17, 15) is 9.59 Å². The summed E-state index contributed by atoms with van der Waals surface area (Å²) in [6, 6.07) is 28.2. The topological polar surface area (TPSA) is 49.4 Å². The van der Waals surface area contributed by atoms with E-state index in [1.54, 1.807) is 4.90 Å². The zero-order valence-corrected chi connectivity index (χ0v) is 15.9. The highest BCUT2D eigenvalue weighted by Crippen LogP contribution is 2.24. The molecule has 0 fully saturated rings. The van der Waals surface area contributed by atoms with Gasteiger partial charge in [0.15, 0.2) is 0 Å². The first kappa shape index (κ1) is 19.4. The van der Waals surface area contributed by atoms with Crippen molar-refractivity contribution >= 4 is 11.8 Å². The summed E-state index contributed by atoms with van der Waals surface area (Å²) >= 11 is 0. The van der Waals surface area contributed by atoms with Gasteiger partial charge in [-0.25, -0.2) is 0 Å². The fourth-order valence-corrected chi connectivity index (χ4v) is 3.15. The van der Waals surface area contributed by atoms with Crippen molar-refractivity contribution in [1.29, 1.82) is 0 Å². The summed E-state index contributed by atoms with van der Waals surface area (Å²) < 4.78 is 0. The van der Waals surface area contributed by atoms with Crippen LogP contribution in [0.1, 0.15) is 29.7 Å². The van der Waals surface area contributed by atoms with Crippen molar-refractivity contribution in [2.45, 2.75) is 26.1 Å². The lowest BCUT2D eigenvalue weighted by molar-refractivity contribution is -0.140. The summed E-state index contributed by atoms with van der Waals surface area (Å²) in [6.45, 7) is 2.29. The summed E-state index contributed by atoms with van der Waals surface area (Å²) in [5.41, 5.74) is 2.79. The van der Waals surface area contributed by atoms with Gasteiger partial charge in [0.2, 0.25) is 11.8 Å². The van der Waals surface area contributed by atoms with E-state index in [2.05, 4.69) is 5.32 Å². The van der Waals surface area contributed by atoms with Crippen LogP contribution in [-0.2, 0) is 22.7 Å². The van der Waals surface area contributed by atoms with Gasteiger partial charge in [-0.15, -0.1) is 0 Å². The normalized spacial score (nSPS) is 11.5. The maximum atomic E-state index is 13.1. The molecule has 0 heterocycles. The third-order valence-corrected chi connectivity index (χ3v) is 4.59. The number of carbonyl (C=O) groups excluding carboxylic acids is 2. The number of hydrogen-bond donors (Lipinski definition) is 1. The van der Waals surface area contributed by atoms with Gasteiger partial charge in [-0.1, -0.05) is 91.0 Å². The van der Waals surface area contributed by atoms with E-state index in [1.165, 1.54) is 6.92 Å². The molecule has 3 aromatic rings. The Morgan fingerprint density at radius 2 is 1.29 bits per heavy atom. The Kier molecular flexibility index (Phi) is 6.58. The number of nitrogens with zero attached hydrogens (tertiary/aromatic N) is 1. The van der Waals surface area contributed by atoms with Crippen LogP contribution in [0.2, 0.25) is 0 Å². The second kappa shape index (κ2) is 9.51. The van der Waals surface area contributed by atoms with Crippen molar-refractivity contribution in [1.82, 2.24) is 10.2 Å². The van der Waals surface area contributed by atoms with Crippen LogP contribution in [0.15, 0.2) is 91.0 Å². The lowest BCUT2D eigenvalue weighted by Crippen LogP contribution is -2.42. The van der Waals surface area contributed by atoms with Gasteiger partial charge in [-0.3, -0.25) is 9.59 Å². The van der Waals surface area contributed by atoms with E-state index < -0.39 is 6.04 Å². The average molecular weight is 372 g/mol. The summed E-state index contributed by atoms with van der Waals surface area (Å²) in [5, 5.41) is 2.99. The maximum absolute atomic E-state index is 13.1. The lowest BCUT2D eigenvalue weighted by atomic mass is 10.0. The molecule has 0 radical (unpaired) electrons. The third kappa shape index (κ3) is 5.07.